The van der Waals surface area contributed by atoms with Gasteiger partial charge in [-0.25, -0.2) is 13.8 Å². The van der Waals surface area contributed by atoms with Gasteiger partial charge in [-0.2, -0.15) is 5.10 Å². The fourth-order valence-electron chi connectivity index (χ4n) is 3.45. The van der Waals surface area contributed by atoms with Gasteiger partial charge in [0.1, 0.15) is 21.2 Å². The number of carbonyl (C=O) groups excluding carboxylic acids is 2. The van der Waals surface area contributed by atoms with Crippen molar-refractivity contribution in [1.29, 1.82) is 0 Å². The van der Waals surface area contributed by atoms with Crippen molar-refractivity contribution in [2.24, 2.45) is 5.73 Å². The summed E-state index contributed by atoms with van der Waals surface area (Å²) < 4.78 is 33.6. The smallest absolute Gasteiger partial charge is 0.291 e. The molecule has 0 saturated carbocycles. The van der Waals surface area contributed by atoms with Crippen LogP contribution in [-0.4, -0.2) is 26.6 Å². The molecule has 0 bridgehead atoms. The van der Waals surface area contributed by atoms with E-state index in [1.165, 1.54) is 12.1 Å². The molecule has 11 heteroatoms. The zero-order chi connectivity index (χ0) is 23.2. The molecule has 0 aromatic carbocycles. The summed E-state index contributed by atoms with van der Waals surface area (Å²) >= 11 is 0.850. The third-order valence-electron chi connectivity index (χ3n) is 4.86. The van der Waals surface area contributed by atoms with Crippen molar-refractivity contribution in [2.75, 3.05) is 5.32 Å². The van der Waals surface area contributed by atoms with E-state index in [0.717, 1.165) is 22.7 Å². The Labute approximate surface area is 185 Å². The molecule has 0 atom stereocenters. The number of hydrogen-bond donors (Lipinski definition) is 2. The van der Waals surface area contributed by atoms with Crippen molar-refractivity contribution in [3.63, 3.8) is 0 Å². The van der Waals surface area contributed by atoms with Crippen LogP contribution in [0, 0.1) is 20.8 Å². The summed E-state index contributed by atoms with van der Waals surface area (Å²) in [5.74, 6) is -0.868. The number of hydrogen-bond acceptors (Lipinski definition) is 6. The molecule has 0 aliphatic carbocycles. The van der Waals surface area contributed by atoms with Gasteiger partial charge in [0.25, 0.3) is 18.2 Å². The van der Waals surface area contributed by atoms with Gasteiger partial charge in [-0.3, -0.25) is 14.3 Å². The molecule has 4 aromatic rings. The lowest BCUT2D eigenvalue weighted by atomic mass is 10.1. The summed E-state index contributed by atoms with van der Waals surface area (Å²) in [4.78, 5) is 28.9. The number of rotatable bonds is 6. The first-order chi connectivity index (χ1) is 15.1. The van der Waals surface area contributed by atoms with Crippen LogP contribution >= 0.6 is 11.3 Å². The Balaban J connectivity index is 1.65. The van der Waals surface area contributed by atoms with E-state index < -0.39 is 23.9 Å². The highest BCUT2D eigenvalue weighted by Crippen LogP contribution is 2.38. The van der Waals surface area contributed by atoms with Gasteiger partial charge in [-0.15, -0.1) is 11.3 Å². The number of primary amides is 1. The Morgan fingerprint density at radius 2 is 2.00 bits per heavy atom. The maximum absolute atomic E-state index is 13.1. The highest BCUT2D eigenvalue weighted by atomic mass is 32.1. The van der Waals surface area contributed by atoms with E-state index in [1.807, 2.05) is 19.9 Å². The molecule has 4 aromatic heterocycles. The standard InChI is InChI=1S/C21H19F2N5O3S/c1-9-6-13(18(22)23)25-21-15(9)16(17(32-21)19(24)29)26-20(30)14-5-4-12(31-14)8-28-11(3)7-10(2)27-28/h4-7,18H,8H2,1-3H3,(H2,24,29)(H,26,30). The largest absolute Gasteiger partial charge is 0.454 e. The Hall–Kier alpha value is -3.60. The zero-order valence-electron chi connectivity index (χ0n) is 17.4. The summed E-state index contributed by atoms with van der Waals surface area (Å²) in [6.45, 7) is 5.75. The summed E-state index contributed by atoms with van der Waals surface area (Å²) in [6.07, 6.45) is -2.76. The molecule has 0 radical (unpaired) electrons. The first-order valence-electron chi connectivity index (χ1n) is 9.57. The average molecular weight is 459 g/mol. The molecule has 0 saturated heterocycles. The molecule has 166 valence electrons. The van der Waals surface area contributed by atoms with E-state index in [-0.39, 0.29) is 21.2 Å². The molecular weight excluding hydrogens is 440 g/mol. The van der Waals surface area contributed by atoms with Crippen LogP contribution in [-0.2, 0) is 6.54 Å². The van der Waals surface area contributed by atoms with Gasteiger partial charge in [0, 0.05) is 11.1 Å². The van der Waals surface area contributed by atoms with Crippen molar-refractivity contribution in [2.45, 2.75) is 33.7 Å². The van der Waals surface area contributed by atoms with E-state index in [9.17, 15) is 18.4 Å². The Kier molecular flexibility index (Phi) is 5.51. The van der Waals surface area contributed by atoms with Gasteiger partial charge in [-0.05, 0) is 50.6 Å². The summed E-state index contributed by atoms with van der Waals surface area (Å²) in [7, 11) is 0. The van der Waals surface area contributed by atoms with Crippen molar-refractivity contribution in [3.05, 3.63) is 63.3 Å². The number of furan rings is 1. The molecule has 4 rings (SSSR count). The monoisotopic (exact) mass is 459 g/mol. The molecule has 0 aliphatic heterocycles. The Morgan fingerprint density at radius 1 is 1.25 bits per heavy atom. The lowest BCUT2D eigenvalue weighted by molar-refractivity contribution is 0.0994. The van der Waals surface area contributed by atoms with Gasteiger partial charge in [0.05, 0.1) is 17.9 Å². The van der Waals surface area contributed by atoms with Crippen LogP contribution in [0.3, 0.4) is 0 Å². The second-order valence-electron chi connectivity index (χ2n) is 7.32. The number of amides is 2. The van der Waals surface area contributed by atoms with Crippen molar-refractivity contribution in [3.8, 4) is 0 Å². The zero-order valence-corrected chi connectivity index (χ0v) is 18.2. The quantitative estimate of drug-likeness (QED) is 0.445. The summed E-state index contributed by atoms with van der Waals surface area (Å²) in [5, 5.41) is 7.39. The molecule has 8 nitrogen and oxygen atoms in total. The van der Waals surface area contributed by atoms with E-state index >= 15 is 0 Å². The van der Waals surface area contributed by atoms with E-state index in [1.54, 1.807) is 17.7 Å². The normalized spacial score (nSPS) is 11.4. The van der Waals surface area contributed by atoms with Crippen molar-refractivity contribution in [1.82, 2.24) is 14.8 Å². The first kappa shape index (κ1) is 21.6. The summed E-state index contributed by atoms with van der Waals surface area (Å²) in [5.41, 5.74) is 7.43. The highest BCUT2D eigenvalue weighted by molar-refractivity contribution is 7.21. The molecule has 32 heavy (non-hydrogen) atoms. The third-order valence-corrected chi connectivity index (χ3v) is 5.96. The molecule has 0 spiro atoms. The number of anilines is 1. The number of nitrogens with two attached hydrogens (primary N) is 1. The molecular formula is C21H19F2N5O3S. The van der Waals surface area contributed by atoms with Gasteiger partial charge in [0.2, 0.25) is 0 Å². The van der Waals surface area contributed by atoms with E-state index in [4.69, 9.17) is 10.2 Å². The number of aryl methyl sites for hydroxylation is 3. The second kappa shape index (κ2) is 8.15. The fraction of sp³-hybridized carbons (Fsp3) is 0.238. The number of fused-ring (bicyclic) bond motifs is 1. The molecule has 0 unspecified atom stereocenters. The van der Waals surface area contributed by atoms with E-state index in [0.29, 0.717) is 23.3 Å². The van der Waals surface area contributed by atoms with Gasteiger partial charge >= 0.3 is 0 Å². The third kappa shape index (κ3) is 3.98. The topological polar surface area (TPSA) is 116 Å². The highest BCUT2D eigenvalue weighted by Gasteiger charge is 2.24. The lowest BCUT2D eigenvalue weighted by Gasteiger charge is -2.07. The number of halogens is 2. The van der Waals surface area contributed by atoms with E-state index in [2.05, 4.69) is 15.4 Å². The minimum Gasteiger partial charge on any atom is -0.454 e. The number of carbonyl (C=O) groups is 2. The SMILES string of the molecule is Cc1cc(C)n(Cc2ccc(C(=O)Nc3c(C(N)=O)sc4nc(C(F)F)cc(C)c34)o2)n1. The molecule has 0 fully saturated rings. The van der Waals surface area contributed by atoms with Gasteiger partial charge in [-0.1, -0.05) is 0 Å². The van der Waals surface area contributed by atoms with Crippen LogP contribution in [0.25, 0.3) is 10.2 Å². The lowest BCUT2D eigenvalue weighted by Crippen LogP contribution is -2.16. The number of nitrogens with zero attached hydrogens (tertiary/aromatic N) is 3. The minimum absolute atomic E-state index is 0.0183. The maximum Gasteiger partial charge on any atom is 0.291 e. The molecule has 2 amide bonds. The minimum atomic E-state index is -2.76. The second-order valence-corrected chi connectivity index (χ2v) is 8.32. The fourth-order valence-corrected chi connectivity index (χ4v) is 4.52. The van der Waals surface area contributed by atoms with Gasteiger partial charge in [0.15, 0.2) is 5.76 Å². The Morgan fingerprint density at radius 3 is 2.62 bits per heavy atom. The number of thiophene rings is 1. The molecule has 3 N–H and O–H groups in total. The predicted molar refractivity (Wildman–Crippen MR) is 115 cm³/mol. The van der Waals surface area contributed by atoms with Crippen LogP contribution in [0.15, 0.2) is 28.7 Å². The van der Waals surface area contributed by atoms with Gasteiger partial charge < -0.3 is 15.5 Å². The van der Waals surface area contributed by atoms with Crippen LogP contribution in [0.4, 0.5) is 14.5 Å². The van der Waals surface area contributed by atoms with Crippen LogP contribution in [0.2, 0.25) is 0 Å². The Bertz CT molecular complexity index is 1360. The number of alkyl halides is 2. The summed E-state index contributed by atoms with van der Waals surface area (Å²) in [6, 6.07) is 6.32. The number of pyridine rings is 1. The van der Waals surface area contributed by atoms with Crippen LogP contribution in [0.5, 0.6) is 0 Å². The first-order valence-corrected chi connectivity index (χ1v) is 10.4. The number of nitrogens with one attached hydrogen (secondary N) is 1. The van der Waals surface area contributed by atoms with Crippen LogP contribution in [0.1, 0.15) is 55.1 Å². The average Bonchev–Trinajstić information content (AvgIpc) is 3.40. The number of aromatic nitrogens is 3. The van der Waals surface area contributed by atoms with Crippen molar-refractivity contribution < 1.29 is 22.8 Å². The predicted octanol–water partition coefficient (Wildman–Crippen LogP) is 4.35. The molecule has 4 heterocycles. The molecule has 0 aliphatic rings. The van der Waals surface area contributed by atoms with Crippen molar-refractivity contribution >= 4 is 39.1 Å². The maximum atomic E-state index is 13.1. The van der Waals surface area contributed by atoms with Crippen LogP contribution < -0.4 is 11.1 Å².